The topological polar surface area (TPSA) is 35.6 Å². The van der Waals surface area contributed by atoms with E-state index in [0.717, 1.165) is 38.3 Å². The number of nitrogens with zero attached hydrogens (tertiary/aromatic N) is 2. The number of anilines is 3. The van der Waals surface area contributed by atoms with Crippen LogP contribution in [-0.2, 0) is 11.3 Å². The van der Waals surface area contributed by atoms with Gasteiger partial charge >= 0.3 is 0 Å². The van der Waals surface area contributed by atoms with Crippen LogP contribution in [0.1, 0.15) is 29.8 Å². The van der Waals surface area contributed by atoms with E-state index in [-0.39, 0.29) is 23.7 Å². The van der Waals surface area contributed by atoms with Crippen molar-refractivity contribution in [3.05, 3.63) is 75.2 Å². The highest BCUT2D eigenvalue weighted by Crippen LogP contribution is 2.44. The first-order valence-corrected chi connectivity index (χ1v) is 10.7. The highest BCUT2D eigenvalue weighted by atomic mass is 35.5. The van der Waals surface area contributed by atoms with E-state index in [0.29, 0.717) is 6.54 Å². The standard InChI is InChI=1S/C22H19ClFN3OS/c1-13-10-19(20-8-9-21(23)29-20)26(22(13)28)17-6-7-18-14(11-17)12-25-27(18)16-4-2-15(24)3-5-16/h2-9,11,13,19,25H,10,12H2,1H3/t13-,19?/m1/s1. The van der Waals surface area contributed by atoms with E-state index in [1.807, 2.05) is 41.1 Å². The molecule has 29 heavy (non-hydrogen) atoms. The highest BCUT2D eigenvalue weighted by Gasteiger charge is 2.39. The van der Waals surface area contributed by atoms with Crippen LogP contribution in [0.3, 0.4) is 0 Å². The molecule has 2 aliphatic rings. The maximum absolute atomic E-state index is 13.3. The minimum Gasteiger partial charge on any atom is -0.304 e. The molecule has 148 valence electrons. The Balaban J connectivity index is 1.49. The Bertz CT molecular complexity index is 1080. The van der Waals surface area contributed by atoms with Gasteiger partial charge in [0.15, 0.2) is 0 Å². The van der Waals surface area contributed by atoms with E-state index in [1.165, 1.54) is 23.5 Å². The van der Waals surface area contributed by atoms with Crippen molar-refractivity contribution in [1.29, 1.82) is 0 Å². The van der Waals surface area contributed by atoms with Crippen LogP contribution < -0.4 is 15.3 Å². The average Bonchev–Trinajstić information content (AvgIpc) is 3.40. The number of rotatable bonds is 3. The van der Waals surface area contributed by atoms with E-state index in [4.69, 9.17) is 11.6 Å². The smallest absolute Gasteiger partial charge is 0.230 e. The summed E-state index contributed by atoms with van der Waals surface area (Å²) in [4.78, 5) is 16.0. The predicted octanol–water partition coefficient (Wildman–Crippen LogP) is 5.81. The largest absolute Gasteiger partial charge is 0.304 e. The van der Waals surface area contributed by atoms with E-state index in [2.05, 4.69) is 11.5 Å². The Hall–Kier alpha value is -2.41. The van der Waals surface area contributed by atoms with Crippen molar-refractivity contribution in [2.45, 2.75) is 25.9 Å². The van der Waals surface area contributed by atoms with Gasteiger partial charge in [0, 0.05) is 23.0 Å². The second-order valence-electron chi connectivity index (χ2n) is 7.46. The lowest BCUT2D eigenvalue weighted by molar-refractivity contribution is -0.120. The van der Waals surface area contributed by atoms with Gasteiger partial charge in [0.05, 0.1) is 21.8 Å². The lowest BCUT2D eigenvalue weighted by atomic mass is 10.1. The fraction of sp³-hybridized carbons (Fsp3) is 0.227. The fourth-order valence-corrected chi connectivity index (χ4v) is 5.31. The molecule has 0 aliphatic carbocycles. The lowest BCUT2D eigenvalue weighted by Gasteiger charge is -2.25. The molecule has 0 bridgehead atoms. The van der Waals surface area contributed by atoms with Crippen molar-refractivity contribution in [2.75, 3.05) is 9.91 Å². The van der Waals surface area contributed by atoms with Crippen LogP contribution >= 0.6 is 22.9 Å². The van der Waals surface area contributed by atoms with Gasteiger partial charge in [-0.15, -0.1) is 11.3 Å². The molecule has 5 rings (SSSR count). The van der Waals surface area contributed by atoms with Crippen LogP contribution in [0.5, 0.6) is 0 Å². The van der Waals surface area contributed by atoms with Crippen molar-refractivity contribution in [1.82, 2.24) is 5.43 Å². The normalized spacial score (nSPS) is 21.1. The summed E-state index contributed by atoms with van der Waals surface area (Å²) in [6, 6.07) is 16.4. The van der Waals surface area contributed by atoms with Gasteiger partial charge in [0.25, 0.3) is 0 Å². The number of hydrogen-bond acceptors (Lipinski definition) is 4. The monoisotopic (exact) mass is 427 g/mol. The lowest BCUT2D eigenvalue weighted by Crippen LogP contribution is -2.28. The first-order chi connectivity index (χ1) is 14.0. The Morgan fingerprint density at radius 3 is 2.59 bits per heavy atom. The number of carbonyl (C=O) groups is 1. The molecule has 3 heterocycles. The Labute approximate surface area is 177 Å². The van der Waals surface area contributed by atoms with E-state index in [9.17, 15) is 9.18 Å². The summed E-state index contributed by atoms with van der Waals surface area (Å²) < 4.78 is 14.0. The zero-order chi connectivity index (χ0) is 20.1. The van der Waals surface area contributed by atoms with Gasteiger partial charge in [0.2, 0.25) is 5.91 Å². The second-order valence-corrected chi connectivity index (χ2v) is 9.21. The van der Waals surface area contributed by atoms with Gasteiger partial charge in [-0.2, -0.15) is 0 Å². The number of benzene rings is 2. The first kappa shape index (κ1) is 18.6. The van der Waals surface area contributed by atoms with Gasteiger partial charge in [-0.05, 0) is 66.6 Å². The Morgan fingerprint density at radius 1 is 1.10 bits per heavy atom. The molecule has 0 spiro atoms. The number of hydrogen-bond donors (Lipinski definition) is 1. The molecule has 1 amide bonds. The third kappa shape index (κ3) is 3.21. The van der Waals surface area contributed by atoms with Crippen LogP contribution in [-0.4, -0.2) is 5.91 Å². The third-order valence-electron chi connectivity index (χ3n) is 5.56. The number of halogens is 2. The van der Waals surface area contributed by atoms with Crippen LogP contribution in [0.2, 0.25) is 4.34 Å². The molecule has 1 saturated heterocycles. The zero-order valence-electron chi connectivity index (χ0n) is 15.7. The van der Waals surface area contributed by atoms with Crippen molar-refractivity contribution in [3.63, 3.8) is 0 Å². The molecule has 2 aromatic carbocycles. The quantitative estimate of drug-likeness (QED) is 0.572. The number of fused-ring (bicyclic) bond motifs is 1. The van der Waals surface area contributed by atoms with Gasteiger partial charge in [-0.1, -0.05) is 18.5 Å². The Kier molecular flexibility index (Phi) is 4.57. The number of hydrazine groups is 1. The predicted molar refractivity (Wildman–Crippen MR) is 115 cm³/mol. The molecule has 0 saturated carbocycles. The van der Waals surface area contributed by atoms with Gasteiger partial charge in [-0.25, -0.2) is 9.82 Å². The molecule has 1 fully saturated rings. The van der Waals surface area contributed by atoms with Crippen LogP contribution in [0.4, 0.5) is 21.5 Å². The number of thiophene rings is 1. The van der Waals surface area contributed by atoms with Crippen molar-refractivity contribution in [3.8, 4) is 0 Å². The second kappa shape index (κ2) is 7.13. The van der Waals surface area contributed by atoms with Crippen LogP contribution in [0, 0.1) is 11.7 Å². The summed E-state index contributed by atoms with van der Waals surface area (Å²) in [7, 11) is 0. The van der Waals surface area contributed by atoms with Gasteiger partial charge in [0.1, 0.15) is 5.82 Å². The summed E-state index contributed by atoms with van der Waals surface area (Å²) in [5.74, 6) is -0.145. The van der Waals surface area contributed by atoms with E-state index in [1.54, 1.807) is 12.1 Å². The molecule has 0 radical (unpaired) electrons. The first-order valence-electron chi connectivity index (χ1n) is 9.51. The van der Waals surface area contributed by atoms with Crippen molar-refractivity contribution >= 4 is 45.9 Å². The van der Waals surface area contributed by atoms with Crippen LogP contribution in [0.15, 0.2) is 54.6 Å². The van der Waals surface area contributed by atoms with E-state index < -0.39 is 0 Å². The maximum Gasteiger partial charge on any atom is 0.230 e. The minimum atomic E-state index is -0.259. The molecule has 1 N–H and O–H groups in total. The molecule has 2 atom stereocenters. The Morgan fingerprint density at radius 2 is 1.86 bits per heavy atom. The summed E-state index contributed by atoms with van der Waals surface area (Å²) in [5.41, 5.74) is 7.21. The van der Waals surface area contributed by atoms with E-state index >= 15 is 0 Å². The average molecular weight is 428 g/mol. The SMILES string of the molecule is C[C@@H]1CC(c2ccc(Cl)s2)N(c2ccc3c(c2)CNN3c2ccc(F)cc2)C1=O. The molecule has 2 aliphatic heterocycles. The molecular formula is C22H19ClFN3OS. The van der Waals surface area contributed by atoms with Gasteiger partial charge in [-0.3, -0.25) is 9.80 Å². The zero-order valence-corrected chi connectivity index (χ0v) is 17.3. The maximum atomic E-state index is 13.3. The minimum absolute atomic E-state index is 0.00983. The van der Waals surface area contributed by atoms with Crippen molar-refractivity contribution in [2.24, 2.45) is 5.92 Å². The fourth-order valence-electron chi connectivity index (χ4n) is 4.14. The number of amides is 1. The summed E-state index contributed by atoms with van der Waals surface area (Å²) >= 11 is 7.68. The third-order valence-corrected chi connectivity index (χ3v) is 6.90. The van der Waals surface area contributed by atoms with Crippen LogP contribution in [0.25, 0.3) is 0 Å². The molecule has 7 heteroatoms. The number of nitrogens with one attached hydrogen (secondary N) is 1. The number of carbonyl (C=O) groups excluding carboxylic acids is 1. The van der Waals surface area contributed by atoms with Gasteiger partial charge < -0.3 is 4.90 Å². The molecule has 3 aromatic rings. The molecule has 1 aromatic heterocycles. The molecule has 4 nitrogen and oxygen atoms in total. The van der Waals surface area contributed by atoms with Crippen molar-refractivity contribution < 1.29 is 9.18 Å². The summed E-state index contributed by atoms with van der Waals surface area (Å²) in [6.07, 6.45) is 0.784. The highest BCUT2D eigenvalue weighted by molar-refractivity contribution is 7.16. The summed E-state index contributed by atoms with van der Waals surface area (Å²) in [5, 5.41) is 1.95. The molecule has 1 unspecified atom stereocenters. The molecular weight excluding hydrogens is 409 g/mol. The summed E-state index contributed by atoms with van der Waals surface area (Å²) in [6.45, 7) is 2.63.